The van der Waals surface area contributed by atoms with E-state index in [9.17, 15) is 5.11 Å². The van der Waals surface area contributed by atoms with E-state index in [-0.39, 0.29) is 5.41 Å². The Morgan fingerprint density at radius 1 is 1.29 bits per heavy atom. The molecule has 2 aliphatic carbocycles. The summed E-state index contributed by atoms with van der Waals surface area (Å²) in [6.45, 7) is 1.25. The molecule has 21 heavy (non-hydrogen) atoms. The van der Waals surface area contributed by atoms with Gasteiger partial charge >= 0.3 is 0 Å². The summed E-state index contributed by atoms with van der Waals surface area (Å²) in [5, 5.41) is 13.5. The summed E-state index contributed by atoms with van der Waals surface area (Å²) in [5.41, 5.74) is 2.96. The van der Waals surface area contributed by atoms with Crippen LogP contribution in [0.5, 0.6) is 5.75 Å². The zero-order chi connectivity index (χ0) is 14.7. The first kappa shape index (κ1) is 14.9. The van der Waals surface area contributed by atoms with E-state index in [1.54, 1.807) is 7.11 Å². The fourth-order valence-electron chi connectivity index (χ4n) is 3.97. The molecule has 1 atom stereocenters. The van der Waals surface area contributed by atoms with E-state index in [2.05, 4.69) is 23.5 Å². The van der Waals surface area contributed by atoms with Crippen LogP contribution in [0.4, 0.5) is 0 Å². The molecule has 1 fully saturated rings. The molecule has 0 radical (unpaired) electrons. The minimum atomic E-state index is 0.122. The van der Waals surface area contributed by atoms with E-state index in [4.69, 9.17) is 4.74 Å². The first-order valence-electron chi connectivity index (χ1n) is 8.27. The molecule has 1 saturated carbocycles. The lowest BCUT2D eigenvalue weighted by atomic mass is 9.84. The highest BCUT2D eigenvalue weighted by molar-refractivity contribution is 5.39. The molecule has 0 spiro atoms. The highest BCUT2D eigenvalue weighted by Crippen LogP contribution is 2.39. The highest BCUT2D eigenvalue weighted by Gasteiger charge is 2.34. The van der Waals surface area contributed by atoms with Gasteiger partial charge < -0.3 is 15.2 Å². The van der Waals surface area contributed by atoms with Gasteiger partial charge in [-0.15, -0.1) is 0 Å². The minimum Gasteiger partial charge on any atom is -0.497 e. The summed E-state index contributed by atoms with van der Waals surface area (Å²) in [5.74, 6) is 0.945. The maximum atomic E-state index is 9.76. The van der Waals surface area contributed by atoms with Crippen LogP contribution in [0, 0.1) is 5.41 Å². The number of aliphatic hydroxyl groups excluding tert-OH is 1. The van der Waals surface area contributed by atoms with E-state index in [0.29, 0.717) is 12.6 Å². The SMILES string of the molecule is COc1ccc2c(c1)C(NCC1(CO)CCCC1)CCC2. The highest BCUT2D eigenvalue weighted by atomic mass is 16.5. The number of fused-ring (bicyclic) bond motifs is 1. The fourth-order valence-corrected chi connectivity index (χ4v) is 3.97. The van der Waals surface area contributed by atoms with Crippen molar-refractivity contribution >= 4 is 0 Å². The van der Waals surface area contributed by atoms with Crippen LogP contribution in [0.2, 0.25) is 0 Å². The normalized spacial score (nSPS) is 23.8. The average Bonchev–Trinajstić information content (AvgIpc) is 3.02. The molecule has 3 nitrogen and oxygen atoms in total. The summed E-state index contributed by atoms with van der Waals surface area (Å²) >= 11 is 0. The monoisotopic (exact) mass is 289 g/mol. The topological polar surface area (TPSA) is 41.5 Å². The molecule has 1 aromatic rings. The van der Waals surface area contributed by atoms with E-state index in [1.807, 2.05) is 0 Å². The van der Waals surface area contributed by atoms with Gasteiger partial charge in [-0.25, -0.2) is 0 Å². The van der Waals surface area contributed by atoms with Crippen molar-refractivity contribution in [3.05, 3.63) is 29.3 Å². The van der Waals surface area contributed by atoms with Crippen molar-refractivity contribution < 1.29 is 9.84 Å². The molecule has 0 aromatic heterocycles. The van der Waals surface area contributed by atoms with Crippen LogP contribution in [-0.2, 0) is 6.42 Å². The van der Waals surface area contributed by atoms with Gasteiger partial charge in [0.1, 0.15) is 5.75 Å². The number of aliphatic hydroxyl groups is 1. The van der Waals surface area contributed by atoms with Crippen molar-refractivity contribution in [2.45, 2.75) is 51.0 Å². The fraction of sp³-hybridized carbons (Fsp3) is 0.667. The third-order valence-electron chi connectivity index (χ3n) is 5.39. The number of benzene rings is 1. The molecule has 3 heteroatoms. The second-order valence-electron chi connectivity index (χ2n) is 6.76. The van der Waals surface area contributed by atoms with Gasteiger partial charge in [-0.1, -0.05) is 18.9 Å². The smallest absolute Gasteiger partial charge is 0.119 e. The number of hydrogen-bond acceptors (Lipinski definition) is 3. The predicted octanol–water partition coefficient (Wildman–Crippen LogP) is 3.21. The predicted molar refractivity (Wildman–Crippen MR) is 84.7 cm³/mol. The molecule has 2 aliphatic rings. The number of hydrogen-bond donors (Lipinski definition) is 2. The summed E-state index contributed by atoms with van der Waals surface area (Å²) in [4.78, 5) is 0. The number of methoxy groups -OCH3 is 1. The largest absolute Gasteiger partial charge is 0.497 e. The first-order chi connectivity index (χ1) is 10.3. The van der Waals surface area contributed by atoms with Gasteiger partial charge in [-0.2, -0.15) is 0 Å². The van der Waals surface area contributed by atoms with Crippen LogP contribution in [0.25, 0.3) is 0 Å². The Kier molecular flexibility index (Phi) is 4.51. The molecule has 2 N–H and O–H groups in total. The van der Waals surface area contributed by atoms with Crippen LogP contribution in [-0.4, -0.2) is 25.4 Å². The summed E-state index contributed by atoms with van der Waals surface area (Å²) in [6.07, 6.45) is 8.43. The Balaban J connectivity index is 1.72. The molecule has 0 amide bonds. The van der Waals surface area contributed by atoms with Gasteiger partial charge in [0.05, 0.1) is 7.11 Å². The van der Waals surface area contributed by atoms with Crippen molar-refractivity contribution in [2.24, 2.45) is 5.41 Å². The third kappa shape index (κ3) is 3.09. The average molecular weight is 289 g/mol. The van der Waals surface area contributed by atoms with Crippen molar-refractivity contribution in [3.63, 3.8) is 0 Å². The second kappa shape index (κ2) is 6.37. The Morgan fingerprint density at radius 3 is 2.81 bits per heavy atom. The Morgan fingerprint density at radius 2 is 2.10 bits per heavy atom. The van der Waals surface area contributed by atoms with Gasteiger partial charge in [0.2, 0.25) is 0 Å². The van der Waals surface area contributed by atoms with Gasteiger partial charge in [0.25, 0.3) is 0 Å². The summed E-state index contributed by atoms with van der Waals surface area (Å²) < 4.78 is 5.38. The maximum Gasteiger partial charge on any atom is 0.119 e. The van der Waals surface area contributed by atoms with Gasteiger partial charge in [-0.3, -0.25) is 0 Å². The van der Waals surface area contributed by atoms with Crippen LogP contribution in [0.3, 0.4) is 0 Å². The lowest BCUT2D eigenvalue weighted by molar-refractivity contribution is 0.123. The molecule has 0 heterocycles. The minimum absolute atomic E-state index is 0.122. The second-order valence-corrected chi connectivity index (χ2v) is 6.76. The van der Waals surface area contributed by atoms with Crippen molar-refractivity contribution in [1.82, 2.24) is 5.32 Å². The Hall–Kier alpha value is -1.06. The number of ether oxygens (including phenoxy) is 1. The molecule has 116 valence electrons. The van der Waals surface area contributed by atoms with E-state index >= 15 is 0 Å². The lowest BCUT2D eigenvalue weighted by Gasteiger charge is -2.32. The Bertz CT molecular complexity index is 480. The molecule has 0 aliphatic heterocycles. The lowest BCUT2D eigenvalue weighted by Crippen LogP contribution is -2.38. The molecular formula is C18H27NO2. The molecule has 0 bridgehead atoms. The molecular weight excluding hydrogens is 262 g/mol. The standard InChI is InChI=1S/C18H27NO2/c1-21-15-8-7-14-5-4-6-17(16(14)11-15)19-12-18(13-20)9-2-3-10-18/h7-8,11,17,19-20H,2-6,9-10,12-13H2,1H3. The van der Waals surface area contributed by atoms with Crippen molar-refractivity contribution in [2.75, 3.05) is 20.3 Å². The summed E-state index contributed by atoms with van der Waals surface area (Å²) in [7, 11) is 1.73. The van der Waals surface area contributed by atoms with Crippen molar-refractivity contribution in [1.29, 1.82) is 0 Å². The van der Waals surface area contributed by atoms with Crippen molar-refractivity contribution in [3.8, 4) is 5.75 Å². The summed E-state index contributed by atoms with van der Waals surface area (Å²) in [6, 6.07) is 6.87. The van der Waals surface area contributed by atoms with E-state index < -0.39 is 0 Å². The van der Waals surface area contributed by atoms with Crippen LogP contribution in [0.1, 0.15) is 55.7 Å². The molecule has 1 aromatic carbocycles. The van der Waals surface area contributed by atoms with E-state index in [1.165, 1.54) is 43.2 Å². The maximum absolute atomic E-state index is 9.76. The van der Waals surface area contributed by atoms with Crippen LogP contribution < -0.4 is 10.1 Å². The first-order valence-corrected chi connectivity index (χ1v) is 8.27. The zero-order valence-electron chi connectivity index (χ0n) is 13.0. The molecule has 0 saturated heterocycles. The van der Waals surface area contributed by atoms with Gasteiger partial charge in [0, 0.05) is 24.6 Å². The zero-order valence-corrected chi connectivity index (χ0v) is 13.0. The Labute approximate surface area is 127 Å². The number of nitrogens with one attached hydrogen (secondary N) is 1. The number of rotatable bonds is 5. The van der Waals surface area contributed by atoms with Gasteiger partial charge in [-0.05, 0) is 55.4 Å². The van der Waals surface area contributed by atoms with Crippen LogP contribution in [0.15, 0.2) is 18.2 Å². The van der Waals surface area contributed by atoms with E-state index in [0.717, 1.165) is 25.1 Å². The van der Waals surface area contributed by atoms with Gasteiger partial charge in [0.15, 0.2) is 0 Å². The quantitative estimate of drug-likeness (QED) is 0.874. The molecule has 3 rings (SSSR count). The van der Waals surface area contributed by atoms with Crippen LogP contribution >= 0.6 is 0 Å². The third-order valence-corrected chi connectivity index (χ3v) is 5.39. The number of aryl methyl sites for hydroxylation is 1. The molecule has 1 unspecified atom stereocenters.